The zero-order chi connectivity index (χ0) is 13.0. The van der Waals surface area contributed by atoms with Gasteiger partial charge >= 0.3 is 0 Å². The van der Waals surface area contributed by atoms with E-state index in [1.165, 1.54) is 17.6 Å². The summed E-state index contributed by atoms with van der Waals surface area (Å²) >= 11 is 1.37. The normalized spacial score (nSPS) is 12.6. The number of aryl methyl sites for hydroxylation is 1. The Hall–Kier alpha value is -1.33. The molecule has 18 heavy (non-hydrogen) atoms. The minimum Gasteiger partial charge on any atom is -0.305 e. The van der Waals surface area contributed by atoms with Gasteiger partial charge in [-0.3, -0.25) is 0 Å². The summed E-state index contributed by atoms with van der Waals surface area (Å²) in [5, 5.41) is 7.31. The number of halogens is 1. The first-order valence-corrected chi connectivity index (χ1v) is 6.76. The predicted molar refractivity (Wildman–Crippen MR) is 71.2 cm³/mol. The van der Waals surface area contributed by atoms with Crippen molar-refractivity contribution in [3.05, 3.63) is 46.2 Å². The van der Waals surface area contributed by atoms with E-state index < -0.39 is 0 Å². The van der Waals surface area contributed by atoms with Crippen LogP contribution in [0.4, 0.5) is 4.39 Å². The van der Waals surface area contributed by atoms with Gasteiger partial charge in [-0.2, -0.15) is 0 Å². The van der Waals surface area contributed by atoms with Crippen molar-refractivity contribution in [2.24, 2.45) is 0 Å². The van der Waals surface area contributed by atoms with Gasteiger partial charge < -0.3 is 5.32 Å². The first-order chi connectivity index (χ1) is 8.72. The fourth-order valence-electron chi connectivity index (χ4n) is 1.82. The molecule has 0 radical (unpaired) electrons. The molecule has 0 fully saturated rings. The molecule has 0 aliphatic heterocycles. The molecule has 1 aromatic heterocycles. The Labute approximate surface area is 110 Å². The molecule has 0 saturated carbocycles. The fraction of sp³-hybridized carbons (Fsp3) is 0.385. The van der Waals surface area contributed by atoms with Gasteiger partial charge in [-0.1, -0.05) is 23.5 Å². The maximum Gasteiger partial charge on any atom is 0.126 e. The molecule has 0 saturated heterocycles. The molecule has 1 aromatic carbocycles. The monoisotopic (exact) mass is 265 g/mol. The Morgan fingerprint density at radius 3 is 2.89 bits per heavy atom. The average Bonchev–Trinajstić information content (AvgIpc) is 2.88. The molecule has 3 nitrogen and oxygen atoms in total. The van der Waals surface area contributed by atoms with Gasteiger partial charge in [-0.15, -0.1) is 5.10 Å². The molecule has 1 N–H and O–H groups in total. The first kappa shape index (κ1) is 13.1. The van der Waals surface area contributed by atoms with Crippen LogP contribution in [0.1, 0.15) is 35.4 Å². The molecule has 0 spiro atoms. The highest BCUT2D eigenvalue weighted by atomic mass is 32.1. The van der Waals surface area contributed by atoms with E-state index in [4.69, 9.17) is 0 Å². The van der Waals surface area contributed by atoms with Crippen molar-refractivity contribution < 1.29 is 4.39 Å². The van der Waals surface area contributed by atoms with Crippen molar-refractivity contribution in [1.29, 1.82) is 0 Å². The Kier molecular flexibility index (Phi) is 4.38. The second kappa shape index (κ2) is 6.02. The topological polar surface area (TPSA) is 37.8 Å². The van der Waals surface area contributed by atoms with Crippen LogP contribution >= 0.6 is 11.5 Å². The lowest BCUT2D eigenvalue weighted by Gasteiger charge is -2.17. The van der Waals surface area contributed by atoms with Crippen LogP contribution in [0.15, 0.2) is 24.4 Å². The van der Waals surface area contributed by atoms with E-state index in [2.05, 4.69) is 21.8 Å². The molecular weight excluding hydrogens is 249 g/mol. The standard InChI is InChI=1S/C13H16FN3S/c1-3-6-15-13(12-8-16-17-18-12)10-4-5-11(14)9(2)7-10/h4-5,7-8,13,15H,3,6H2,1-2H3. The van der Waals surface area contributed by atoms with Crippen LogP contribution in [0, 0.1) is 12.7 Å². The number of benzene rings is 1. The van der Waals surface area contributed by atoms with Gasteiger partial charge in [0.1, 0.15) is 5.82 Å². The number of hydrogen-bond acceptors (Lipinski definition) is 4. The third-order valence-corrected chi connectivity index (χ3v) is 3.50. The lowest BCUT2D eigenvalue weighted by molar-refractivity contribution is 0.595. The zero-order valence-corrected chi connectivity index (χ0v) is 11.3. The van der Waals surface area contributed by atoms with Gasteiger partial charge in [0.15, 0.2) is 0 Å². The Bertz CT molecular complexity index is 499. The molecule has 2 aromatic rings. The molecule has 0 bridgehead atoms. The minimum atomic E-state index is -0.171. The lowest BCUT2D eigenvalue weighted by atomic mass is 10.0. The summed E-state index contributed by atoms with van der Waals surface area (Å²) in [5.74, 6) is -0.171. The van der Waals surface area contributed by atoms with Crippen LogP contribution in [-0.4, -0.2) is 16.1 Å². The summed E-state index contributed by atoms with van der Waals surface area (Å²) in [4.78, 5) is 1.05. The smallest absolute Gasteiger partial charge is 0.126 e. The van der Waals surface area contributed by atoms with Gasteiger partial charge in [-0.25, -0.2) is 4.39 Å². The maximum absolute atomic E-state index is 13.3. The second-order valence-corrected chi connectivity index (χ2v) is 5.03. The number of hydrogen-bond donors (Lipinski definition) is 1. The van der Waals surface area contributed by atoms with E-state index in [9.17, 15) is 4.39 Å². The minimum absolute atomic E-state index is 0.0456. The highest BCUT2D eigenvalue weighted by Gasteiger charge is 2.16. The fourth-order valence-corrected chi connectivity index (χ4v) is 2.43. The third-order valence-electron chi connectivity index (χ3n) is 2.78. The third kappa shape index (κ3) is 2.91. The Balaban J connectivity index is 2.30. The predicted octanol–water partition coefficient (Wildman–Crippen LogP) is 3.07. The van der Waals surface area contributed by atoms with Crippen LogP contribution < -0.4 is 5.32 Å². The quantitative estimate of drug-likeness (QED) is 0.902. The van der Waals surface area contributed by atoms with Crippen molar-refractivity contribution in [2.45, 2.75) is 26.3 Å². The summed E-state index contributed by atoms with van der Waals surface area (Å²) in [6, 6.07) is 5.25. The van der Waals surface area contributed by atoms with Crippen LogP contribution in [0.3, 0.4) is 0 Å². The lowest BCUT2D eigenvalue weighted by Crippen LogP contribution is -2.22. The number of rotatable bonds is 5. The molecule has 0 amide bonds. The van der Waals surface area contributed by atoms with Gasteiger partial charge in [0.25, 0.3) is 0 Å². The van der Waals surface area contributed by atoms with E-state index in [0.29, 0.717) is 5.56 Å². The van der Waals surface area contributed by atoms with Crippen molar-refractivity contribution in [3.8, 4) is 0 Å². The van der Waals surface area contributed by atoms with E-state index in [1.807, 2.05) is 12.1 Å². The highest BCUT2D eigenvalue weighted by Crippen LogP contribution is 2.25. The average molecular weight is 265 g/mol. The highest BCUT2D eigenvalue weighted by molar-refractivity contribution is 7.05. The SMILES string of the molecule is CCCNC(c1ccc(F)c(C)c1)c1cnns1. The maximum atomic E-state index is 13.3. The van der Waals surface area contributed by atoms with Crippen LogP contribution in [-0.2, 0) is 0 Å². The van der Waals surface area contributed by atoms with Crippen molar-refractivity contribution >= 4 is 11.5 Å². The molecule has 1 unspecified atom stereocenters. The first-order valence-electron chi connectivity index (χ1n) is 5.99. The van der Waals surface area contributed by atoms with Crippen LogP contribution in [0.25, 0.3) is 0 Å². The van der Waals surface area contributed by atoms with Gasteiger partial charge in [0.05, 0.1) is 17.1 Å². The van der Waals surface area contributed by atoms with Gasteiger partial charge in [-0.05, 0) is 48.6 Å². The molecule has 2 rings (SSSR count). The number of aromatic nitrogens is 2. The Morgan fingerprint density at radius 1 is 1.44 bits per heavy atom. The van der Waals surface area contributed by atoms with E-state index >= 15 is 0 Å². The summed E-state index contributed by atoms with van der Waals surface area (Å²) in [6.45, 7) is 4.80. The van der Waals surface area contributed by atoms with E-state index in [0.717, 1.165) is 23.4 Å². The molecule has 1 heterocycles. The molecule has 0 aliphatic rings. The van der Waals surface area contributed by atoms with E-state index in [-0.39, 0.29) is 11.9 Å². The molecule has 1 atom stereocenters. The summed E-state index contributed by atoms with van der Waals surface area (Å²) in [7, 11) is 0. The van der Waals surface area contributed by atoms with Crippen molar-refractivity contribution in [1.82, 2.24) is 14.9 Å². The molecule has 96 valence electrons. The van der Waals surface area contributed by atoms with Gasteiger partial charge in [0.2, 0.25) is 0 Å². The number of nitrogens with one attached hydrogen (secondary N) is 1. The summed E-state index contributed by atoms with van der Waals surface area (Å²) in [5.41, 5.74) is 1.71. The van der Waals surface area contributed by atoms with E-state index in [1.54, 1.807) is 13.1 Å². The summed E-state index contributed by atoms with van der Waals surface area (Å²) < 4.78 is 17.2. The number of nitrogens with zero attached hydrogens (tertiary/aromatic N) is 2. The van der Waals surface area contributed by atoms with Gasteiger partial charge in [0, 0.05) is 0 Å². The zero-order valence-electron chi connectivity index (χ0n) is 10.5. The molecular formula is C13H16FN3S. The van der Waals surface area contributed by atoms with Crippen LogP contribution in [0.2, 0.25) is 0 Å². The van der Waals surface area contributed by atoms with Crippen LogP contribution in [0.5, 0.6) is 0 Å². The largest absolute Gasteiger partial charge is 0.305 e. The summed E-state index contributed by atoms with van der Waals surface area (Å²) in [6.07, 6.45) is 2.81. The Morgan fingerprint density at radius 2 is 2.28 bits per heavy atom. The van der Waals surface area contributed by atoms with Crippen molar-refractivity contribution in [2.75, 3.05) is 6.54 Å². The molecule has 0 aliphatic carbocycles. The molecule has 5 heteroatoms. The van der Waals surface area contributed by atoms with Crippen molar-refractivity contribution in [3.63, 3.8) is 0 Å². The second-order valence-electron chi connectivity index (χ2n) is 4.22.